The third-order valence-corrected chi connectivity index (χ3v) is 8.33. The molecule has 4 aliphatic carbocycles. The molecule has 0 bridgehead atoms. The lowest BCUT2D eigenvalue weighted by Crippen LogP contribution is -2.48. The van der Waals surface area contributed by atoms with E-state index < -0.39 is 0 Å². The molecule has 23 heavy (non-hydrogen) atoms. The summed E-state index contributed by atoms with van der Waals surface area (Å²) < 4.78 is 0. The first-order chi connectivity index (χ1) is 10.9. The van der Waals surface area contributed by atoms with Crippen molar-refractivity contribution in [3.63, 3.8) is 0 Å². The molecule has 2 heteroatoms. The molecule has 0 aromatic heterocycles. The summed E-state index contributed by atoms with van der Waals surface area (Å²) in [5.74, 6) is 3.07. The highest BCUT2D eigenvalue weighted by Gasteiger charge is 2.57. The fraction of sp³-hybridized carbons (Fsp3) is 0.810. The Morgan fingerprint density at radius 3 is 2.70 bits per heavy atom. The zero-order chi connectivity index (χ0) is 16.4. The molecule has 4 aliphatic rings. The van der Waals surface area contributed by atoms with Gasteiger partial charge in [0.25, 0.3) is 0 Å². The normalized spacial score (nSPS) is 49.0. The molecule has 0 radical (unpaired) electrons. The minimum absolute atomic E-state index is 0.188. The maximum absolute atomic E-state index is 12.1. The largest absolute Gasteiger partial charge is 0.300 e. The number of rotatable bonds is 1. The zero-order valence-electron chi connectivity index (χ0n) is 14.9. The molecule has 126 valence electrons. The van der Waals surface area contributed by atoms with Crippen LogP contribution in [0.15, 0.2) is 11.6 Å². The van der Waals surface area contributed by atoms with Crippen molar-refractivity contribution in [2.45, 2.75) is 72.1 Å². The molecule has 0 spiro atoms. The zero-order valence-corrected chi connectivity index (χ0v) is 14.9. The van der Waals surface area contributed by atoms with Gasteiger partial charge in [0.1, 0.15) is 11.6 Å². The molecule has 4 unspecified atom stereocenters. The van der Waals surface area contributed by atoms with Crippen LogP contribution in [-0.2, 0) is 9.59 Å². The molecule has 0 N–H and O–H groups in total. The fourth-order valence-corrected chi connectivity index (χ4v) is 6.98. The maximum Gasteiger partial charge on any atom is 0.133 e. The van der Waals surface area contributed by atoms with Gasteiger partial charge in [0, 0.05) is 18.8 Å². The molecule has 0 aliphatic heterocycles. The topological polar surface area (TPSA) is 34.1 Å². The minimum atomic E-state index is 0.188. The minimum Gasteiger partial charge on any atom is -0.300 e. The van der Waals surface area contributed by atoms with Gasteiger partial charge >= 0.3 is 0 Å². The van der Waals surface area contributed by atoms with E-state index in [9.17, 15) is 9.59 Å². The van der Waals surface area contributed by atoms with Crippen molar-refractivity contribution in [2.24, 2.45) is 34.5 Å². The van der Waals surface area contributed by atoms with Gasteiger partial charge in [-0.15, -0.1) is 0 Å². The Kier molecular flexibility index (Phi) is 3.42. The lowest BCUT2D eigenvalue weighted by Gasteiger charge is -2.55. The predicted molar refractivity (Wildman–Crippen MR) is 90.9 cm³/mol. The van der Waals surface area contributed by atoms with Gasteiger partial charge in [-0.1, -0.05) is 25.5 Å². The lowest BCUT2D eigenvalue weighted by atomic mass is 9.49. The van der Waals surface area contributed by atoms with Crippen LogP contribution in [-0.4, -0.2) is 11.6 Å². The fourth-order valence-electron chi connectivity index (χ4n) is 6.98. The Labute approximate surface area is 140 Å². The van der Waals surface area contributed by atoms with E-state index in [1.165, 1.54) is 19.3 Å². The second-order valence-corrected chi connectivity index (χ2v) is 9.26. The van der Waals surface area contributed by atoms with Crippen LogP contribution < -0.4 is 0 Å². The summed E-state index contributed by atoms with van der Waals surface area (Å²) in [5.41, 5.74) is 2.12. The van der Waals surface area contributed by atoms with E-state index in [4.69, 9.17) is 0 Å². The van der Waals surface area contributed by atoms with Crippen LogP contribution in [0.3, 0.4) is 0 Å². The monoisotopic (exact) mass is 314 g/mol. The van der Waals surface area contributed by atoms with E-state index in [0.29, 0.717) is 29.3 Å². The van der Waals surface area contributed by atoms with E-state index in [-0.39, 0.29) is 16.7 Å². The second-order valence-electron chi connectivity index (χ2n) is 9.26. The summed E-state index contributed by atoms with van der Waals surface area (Å²) in [6.07, 6.45) is 11.0. The number of carbonyl (C=O) groups is 2. The van der Waals surface area contributed by atoms with E-state index in [0.717, 1.165) is 32.1 Å². The summed E-state index contributed by atoms with van der Waals surface area (Å²) in [6, 6.07) is 0. The van der Waals surface area contributed by atoms with Crippen molar-refractivity contribution in [2.75, 3.05) is 0 Å². The number of carbonyl (C=O) groups excluding carboxylic acids is 2. The Bertz CT molecular complexity index is 589. The van der Waals surface area contributed by atoms with Gasteiger partial charge in [0.05, 0.1) is 0 Å². The highest BCUT2D eigenvalue weighted by atomic mass is 16.1. The molecule has 0 amide bonds. The van der Waals surface area contributed by atoms with Gasteiger partial charge in [-0.3, -0.25) is 9.59 Å². The van der Waals surface area contributed by atoms with Crippen molar-refractivity contribution in [3.8, 4) is 0 Å². The van der Waals surface area contributed by atoms with Gasteiger partial charge in [0.2, 0.25) is 0 Å². The van der Waals surface area contributed by atoms with Crippen molar-refractivity contribution in [1.82, 2.24) is 0 Å². The van der Waals surface area contributed by atoms with E-state index in [2.05, 4.69) is 19.9 Å². The van der Waals surface area contributed by atoms with E-state index in [1.807, 2.05) is 0 Å². The molecule has 0 aromatic rings. The quantitative estimate of drug-likeness (QED) is 0.656. The number of ketones is 2. The standard InChI is InChI=1S/C21H30O2/c1-13(22)17-6-7-18-16-5-4-14-12-15(23)8-10-20(14,2)19(16)9-11-21(17,18)3/h9,14,16-18H,4-8,10-12H2,1-3H3/t14?,16?,17?,18?,20-,21+/m0/s1. The molecule has 4 rings (SSSR count). The highest BCUT2D eigenvalue weighted by Crippen LogP contribution is 2.65. The number of hydrogen-bond donors (Lipinski definition) is 0. The van der Waals surface area contributed by atoms with E-state index in [1.54, 1.807) is 12.5 Å². The first kappa shape index (κ1) is 15.6. The summed E-state index contributed by atoms with van der Waals surface area (Å²) >= 11 is 0. The SMILES string of the molecule is CC(=O)C1CCC2C3CCC4CC(=O)CC[C@]4(C)C3=CC[C@]12C. The van der Waals surface area contributed by atoms with Crippen LogP contribution in [0.1, 0.15) is 72.1 Å². The molecule has 3 fully saturated rings. The summed E-state index contributed by atoms with van der Waals surface area (Å²) in [7, 11) is 0. The molecule has 6 atom stereocenters. The number of fused-ring (bicyclic) bond motifs is 5. The summed E-state index contributed by atoms with van der Waals surface area (Å²) in [4.78, 5) is 24.0. The van der Waals surface area contributed by atoms with Crippen LogP contribution in [0.2, 0.25) is 0 Å². The molecule has 0 aromatic carbocycles. The van der Waals surface area contributed by atoms with Crippen molar-refractivity contribution >= 4 is 11.6 Å². The molecule has 0 saturated heterocycles. The summed E-state index contributed by atoms with van der Waals surface area (Å²) in [6.45, 7) is 6.60. The molecule has 2 nitrogen and oxygen atoms in total. The summed E-state index contributed by atoms with van der Waals surface area (Å²) in [5, 5.41) is 0. The highest BCUT2D eigenvalue weighted by molar-refractivity contribution is 5.80. The maximum atomic E-state index is 12.1. The van der Waals surface area contributed by atoms with Crippen LogP contribution >= 0.6 is 0 Å². The van der Waals surface area contributed by atoms with Crippen LogP contribution in [0, 0.1) is 34.5 Å². The Morgan fingerprint density at radius 2 is 1.96 bits per heavy atom. The van der Waals surface area contributed by atoms with Crippen molar-refractivity contribution in [1.29, 1.82) is 0 Å². The molecular formula is C21H30O2. The number of allylic oxidation sites excluding steroid dienone is 2. The first-order valence-corrected chi connectivity index (χ1v) is 9.59. The number of Topliss-reactive ketones (excluding diaryl/α,β-unsaturated/α-hetero) is 2. The smallest absolute Gasteiger partial charge is 0.133 e. The van der Waals surface area contributed by atoms with Gasteiger partial charge < -0.3 is 0 Å². The van der Waals surface area contributed by atoms with Crippen molar-refractivity contribution < 1.29 is 9.59 Å². The molecular weight excluding hydrogens is 284 g/mol. The Morgan fingerprint density at radius 1 is 1.17 bits per heavy atom. The molecule has 0 heterocycles. The Hall–Kier alpha value is -0.920. The van der Waals surface area contributed by atoms with Gasteiger partial charge in [0.15, 0.2) is 0 Å². The average Bonchev–Trinajstić information content (AvgIpc) is 2.85. The average molecular weight is 314 g/mol. The molecule has 3 saturated carbocycles. The third kappa shape index (κ3) is 2.06. The predicted octanol–water partition coefficient (Wildman–Crippen LogP) is 4.72. The van der Waals surface area contributed by atoms with Crippen molar-refractivity contribution in [3.05, 3.63) is 11.6 Å². The first-order valence-electron chi connectivity index (χ1n) is 9.59. The van der Waals surface area contributed by atoms with Gasteiger partial charge in [-0.05, 0) is 74.0 Å². The van der Waals surface area contributed by atoms with Crippen LogP contribution in [0.4, 0.5) is 0 Å². The van der Waals surface area contributed by atoms with Gasteiger partial charge in [-0.2, -0.15) is 0 Å². The van der Waals surface area contributed by atoms with Crippen LogP contribution in [0.5, 0.6) is 0 Å². The second kappa shape index (κ2) is 5.04. The Balaban J connectivity index is 1.70. The lowest BCUT2D eigenvalue weighted by molar-refractivity contribution is -0.127. The third-order valence-electron chi connectivity index (χ3n) is 8.33. The number of hydrogen-bond acceptors (Lipinski definition) is 2. The van der Waals surface area contributed by atoms with E-state index >= 15 is 0 Å². The van der Waals surface area contributed by atoms with Gasteiger partial charge in [-0.25, -0.2) is 0 Å². The van der Waals surface area contributed by atoms with Crippen LogP contribution in [0.25, 0.3) is 0 Å².